The SMILES string of the molecule is COCCn1c(C)cc2c(c1=O)[C@H](c1ccccc1Br)C(C#N)=C(N)O2. The van der Waals surface area contributed by atoms with Gasteiger partial charge < -0.3 is 19.8 Å². The number of rotatable bonds is 4. The van der Waals surface area contributed by atoms with Crippen molar-refractivity contribution in [1.82, 2.24) is 4.57 Å². The van der Waals surface area contributed by atoms with Gasteiger partial charge in [-0.05, 0) is 18.6 Å². The van der Waals surface area contributed by atoms with Gasteiger partial charge in [0.25, 0.3) is 5.56 Å². The Morgan fingerprint density at radius 3 is 2.81 bits per heavy atom. The summed E-state index contributed by atoms with van der Waals surface area (Å²) in [5.41, 5.74) is 7.94. The fraction of sp³-hybridized carbons (Fsp3) is 0.263. The molecule has 0 spiro atoms. The highest BCUT2D eigenvalue weighted by Crippen LogP contribution is 2.42. The Balaban J connectivity index is 2.30. The molecule has 3 rings (SSSR count). The van der Waals surface area contributed by atoms with Crippen LogP contribution in [0.15, 0.2) is 51.1 Å². The van der Waals surface area contributed by atoms with E-state index in [1.807, 2.05) is 31.2 Å². The lowest BCUT2D eigenvalue weighted by molar-refractivity contribution is 0.185. The third-order valence-electron chi connectivity index (χ3n) is 4.43. The van der Waals surface area contributed by atoms with Gasteiger partial charge in [0.05, 0.1) is 18.1 Å². The van der Waals surface area contributed by atoms with Crippen molar-refractivity contribution in [3.63, 3.8) is 0 Å². The molecule has 134 valence electrons. The van der Waals surface area contributed by atoms with Crippen molar-refractivity contribution >= 4 is 15.9 Å². The van der Waals surface area contributed by atoms with Gasteiger partial charge in [-0.15, -0.1) is 0 Å². The maximum Gasteiger partial charge on any atom is 0.258 e. The zero-order valence-corrected chi connectivity index (χ0v) is 16.0. The molecule has 7 heteroatoms. The number of methoxy groups -OCH3 is 1. The van der Waals surface area contributed by atoms with Crippen LogP contribution >= 0.6 is 15.9 Å². The van der Waals surface area contributed by atoms with E-state index in [0.717, 1.165) is 15.7 Å². The Morgan fingerprint density at radius 1 is 1.42 bits per heavy atom. The quantitative estimate of drug-likeness (QED) is 0.828. The lowest BCUT2D eigenvalue weighted by Crippen LogP contribution is -2.33. The second kappa shape index (κ2) is 7.36. The van der Waals surface area contributed by atoms with E-state index in [1.54, 1.807) is 17.7 Å². The fourth-order valence-electron chi connectivity index (χ4n) is 3.17. The number of hydrogen-bond acceptors (Lipinski definition) is 5. The van der Waals surface area contributed by atoms with Gasteiger partial charge in [0.2, 0.25) is 5.88 Å². The first-order valence-electron chi connectivity index (χ1n) is 8.04. The highest BCUT2D eigenvalue weighted by atomic mass is 79.9. The van der Waals surface area contributed by atoms with Crippen molar-refractivity contribution in [3.05, 3.63) is 73.4 Å². The molecular weight excluding hydrogens is 398 g/mol. The second-order valence-electron chi connectivity index (χ2n) is 5.96. The van der Waals surface area contributed by atoms with Crippen LogP contribution < -0.4 is 16.0 Å². The summed E-state index contributed by atoms with van der Waals surface area (Å²) in [7, 11) is 1.59. The molecule has 1 aliphatic rings. The molecule has 2 aromatic rings. The van der Waals surface area contributed by atoms with Crippen LogP contribution in [0, 0.1) is 18.3 Å². The summed E-state index contributed by atoms with van der Waals surface area (Å²) in [5.74, 6) is -0.186. The van der Waals surface area contributed by atoms with Crippen LogP contribution in [-0.2, 0) is 11.3 Å². The summed E-state index contributed by atoms with van der Waals surface area (Å²) >= 11 is 3.52. The van der Waals surface area contributed by atoms with E-state index >= 15 is 0 Å². The largest absolute Gasteiger partial charge is 0.440 e. The average molecular weight is 416 g/mol. The third kappa shape index (κ3) is 3.02. The highest BCUT2D eigenvalue weighted by Gasteiger charge is 2.35. The maximum absolute atomic E-state index is 13.2. The number of allylic oxidation sites excluding steroid dienone is 1. The predicted molar refractivity (Wildman–Crippen MR) is 101 cm³/mol. The van der Waals surface area contributed by atoms with Crippen LogP contribution in [-0.4, -0.2) is 18.3 Å². The first-order chi connectivity index (χ1) is 12.5. The van der Waals surface area contributed by atoms with Gasteiger partial charge in [0.1, 0.15) is 17.4 Å². The van der Waals surface area contributed by atoms with Gasteiger partial charge >= 0.3 is 0 Å². The van der Waals surface area contributed by atoms with Crippen LogP contribution in [0.5, 0.6) is 5.75 Å². The van der Waals surface area contributed by atoms with E-state index in [4.69, 9.17) is 15.2 Å². The molecule has 0 unspecified atom stereocenters. The molecule has 1 atom stereocenters. The molecule has 0 aliphatic carbocycles. The van der Waals surface area contributed by atoms with Crippen LogP contribution in [0.4, 0.5) is 0 Å². The Kier molecular flexibility index (Phi) is 5.16. The molecule has 0 radical (unpaired) electrons. The number of fused-ring (bicyclic) bond motifs is 1. The first kappa shape index (κ1) is 18.2. The number of aryl methyl sites for hydroxylation is 1. The number of nitrogens with zero attached hydrogens (tertiary/aromatic N) is 2. The van der Waals surface area contributed by atoms with Crippen LogP contribution in [0.3, 0.4) is 0 Å². The molecule has 1 aromatic carbocycles. The van der Waals surface area contributed by atoms with Crippen LogP contribution in [0.1, 0.15) is 22.7 Å². The number of pyridine rings is 1. The topological polar surface area (TPSA) is 90.3 Å². The second-order valence-corrected chi connectivity index (χ2v) is 6.81. The maximum atomic E-state index is 13.2. The summed E-state index contributed by atoms with van der Waals surface area (Å²) < 4.78 is 13.2. The monoisotopic (exact) mass is 415 g/mol. The van der Waals surface area contributed by atoms with Gasteiger partial charge in [-0.25, -0.2) is 0 Å². The Bertz CT molecular complexity index is 988. The Hall–Kier alpha value is -2.56. The standard InChI is InChI=1S/C19H18BrN3O3/c1-11-9-15-17(19(24)23(11)7-8-25-2)16(13(10-21)18(22)26-15)12-5-3-4-6-14(12)20/h3-6,9,16H,7-8,22H2,1-2H3/t16-/m1/s1. The fourth-order valence-corrected chi connectivity index (χ4v) is 3.68. The van der Waals surface area contributed by atoms with Crippen molar-refractivity contribution in [1.29, 1.82) is 5.26 Å². The van der Waals surface area contributed by atoms with Crippen LogP contribution in [0.25, 0.3) is 0 Å². The van der Waals surface area contributed by atoms with Gasteiger partial charge in [0, 0.05) is 29.9 Å². The molecule has 2 heterocycles. The normalized spacial score (nSPS) is 16.0. The molecule has 1 aromatic heterocycles. The molecule has 0 saturated heterocycles. The molecular formula is C19H18BrN3O3. The van der Waals surface area contributed by atoms with Gasteiger partial charge in [-0.1, -0.05) is 34.1 Å². The van der Waals surface area contributed by atoms with Crippen molar-refractivity contribution < 1.29 is 9.47 Å². The third-order valence-corrected chi connectivity index (χ3v) is 5.15. The molecule has 26 heavy (non-hydrogen) atoms. The van der Waals surface area contributed by atoms with E-state index in [2.05, 4.69) is 22.0 Å². The Labute approximate surface area is 159 Å². The summed E-state index contributed by atoms with van der Waals surface area (Å²) in [4.78, 5) is 13.2. The van der Waals surface area contributed by atoms with Gasteiger partial charge in [0.15, 0.2) is 0 Å². The summed E-state index contributed by atoms with van der Waals surface area (Å²) in [6, 6.07) is 11.4. The summed E-state index contributed by atoms with van der Waals surface area (Å²) in [5, 5.41) is 9.65. The van der Waals surface area contributed by atoms with E-state index in [1.165, 1.54) is 0 Å². The minimum Gasteiger partial charge on any atom is -0.440 e. The predicted octanol–water partition coefficient (Wildman–Crippen LogP) is 2.78. The van der Waals surface area contributed by atoms with E-state index in [0.29, 0.717) is 24.5 Å². The minimum atomic E-state index is -0.596. The van der Waals surface area contributed by atoms with Crippen molar-refractivity contribution in [2.75, 3.05) is 13.7 Å². The molecule has 6 nitrogen and oxygen atoms in total. The molecule has 0 saturated carbocycles. The smallest absolute Gasteiger partial charge is 0.258 e. The number of benzene rings is 1. The number of aromatic nitrogens is 1. The van der Waals surface area contributed by atoms with Crippen molar-refractivity contribution in [2.45, 2.75) is 19.4 Å². The zero-order chi connectivity index (χ0) is 18.8. The van der Waals surface area contributed by atoms with Crippen LogP contribution in [0.2, 0.25) is 0 Å². The zero-order valence-electron chi connectivity index (χ0n) is 14.5. The summed E-state index contributed by atoms with van der Waals surface area (Å²) in [6.45, 7) is 2.65. The Morgan fingerprint density at radius 2 is 2.15 bits per heavy atom. The summed E-state index contributed by atoms with van der Waals surface area (Å²) in [6.07, 6.45) is 0. The number of hydrogen-bond donors (Lipinski definition) is 1. The number of nitriles is 1. The van der Waals surface area contributed by atoms with E-state index in [9.17, 15) is 10.1 Å². The number of halogens is 1. The van der Waals surface area contributed by atoms with Crippen molar-refractivity contribution in [2.24, 2.45) is 5.73 Å². The van der Waals surface area contributed by atoms with E-state index < -0.39 is 5.92 Å². The van der Waals surface area contributed by atoms with E-state index in [-0.39, 0.29) is 17.0 Å². The van der Waals surface area contributed by atoms with Crippen molar-refractivity contribution in [3.8, 4) is 11.8 Å². The molecule has 0 bridgehead atoms. The molecule has 2 N–H and O–H groups in total. The molecule has 0 fully saturated rings. The molecule has 0 amide bonds. The number of nitrogens with two attached hydrogens (primary N) is 1. The lowest BCUT2D eigenvalue weighted by Gasteiger charge is -2.27. The lowest BCUT2D eigenvalue weighted by atomic mass is 9.84. The van der Waals surface area contributed by atoms with Gasteiger partial charge in [-0.2, -0.15) is 5.26 Å². The minimum absolute atomic E-state index is 0.0224. The average Bonchev–Trinajstić information content (AvgIpc) is 2.61. The number of ether oxygens (including phenoxy) is 2. The first-order valence-corrected chi connectivity index (χ1v) is 8.84. The van der Waals surface area contributed by atoms with Gasteiger partial charge in [-0.3, -0.25) is 4.79 Å². The highest BCUT2D eigenvalue weighted by molar-refractivity contribution is 9.10. The molecule has 1 aliphatic heterocycles.